The molecule has 8 bridgehead atoms. The van der Waals surface area contributed by atoms with Crippen LogP contribution in [0.2, 0.25) is 0 Å². The van der Waals surface area contributed by atoms with Gasteiger partial charge in [0.15, 0.2) is 0 Å². The number of hydrogen-bond acceptors (Lipinski definition) is 10. The summed E-state index contributed by atoms with van der Waals surface area (Å²) in [6.07, 6.45) is 21.0. The zero-order valence-corrected chi connectivity index (χ0v) is 56.9. The molecule has 0 saturated heterocycles. The molecule has 4 amide bonds. The van der Waals surface area contributed by atoms with Gasteiger partial charge in [0.1, 0.15) is 0 Å². The zero-order chi connectivity index (χ0) is 65.1. The van der Waals surface area contributed by atoms with Gasteiger partial charge in [0.2, 0.25) is 0 Å². The summed E-state index contributed by atoms with van der Waals surface area (Å²) >= 11 is 15.7. The fourth-order valence-corrected chi connectivity index (χ4v) is 13.5. The van der Waals surface area contributed by atoms with Crippen molar-refractivity contribution in [3.63, 3.8) is 0 Å². The number of H-pyrrole nitrogens is 2. The Bertz CT molecular complexity index is 4960. The molecule has 0 unspecified atom stereocenters. The molecule has 0 radical (unpaired) electrons. The smallest absolute Gasteiger partial charge is 0.258 e. The van der Waals surface area contributed by atoms with E-state index in [1.165, 1.54) is 0 Å². The zero-order valence-electron chi connectivity index (χ0n) is 50.6. The molecule has 4 aromatic carbocycles. The van der Waals surface area contributed by atoms with E-state index in [1.807, 2.05) is 154 Å². The molecule has 0 fully saturated rings. The predicted molar refractivity (Wildman–Crippen MR) is 388 cm³/mol. The SMILES string of the molecule is CCN(C(=O)c1ccc(Br)c(-c2c3nc(c(-c4cc(C(=O)N(CC)c5ccncc5)ccc4Br)c4ccc([nH]4)c(-c4cc(C(=O)N(CC)c5ccncc5)ccc4Br)c4nc(c(-c5cc(C(=O)Nc6ccncc6)ccc5Br)c5ccc2[nH]5)C=C4)C=C3)c1)c1ccncc1. The molecular weight excluding hydrogens is 1440 g/mol. The van der Waals surface area contributed by atoms with Crippen LogP contribution in [0.3, 0.4) is 0 Å². The fraction of sp³-hybridized carbons (Fsp3) is 0.0811. The second-order valence-electron chi connectivity index (χ2n) is 21.7. The Morgan fingerprint density at radius 1 is 0.362 bits per heavy atom. The Morgan fingerprint density at radius 2 is 0.628 bits per heavy atom. The highest BCUT2D eigenvalue weighted by Gasteiger charge is 2.27. The number of carbonyl (C=O) groups excluding carboxylic acids is 4. The van der Waals surface area contributed by atoms with Crippen molar-refractivity contribution in [2.24, 2.45) is 0 Å². The first-order valence-corrected chi connectivity index (χ1v) is 33.2. The number of carbonyl (C=O) groups is 4. The van der Waals surface area contributed by atoms with Crippen molar-refractivity contribution in [3.05, 3.63) is 258 Å². The minimum Gasteiger partial charge on any atom is -0.354 e. The Labute approximate surface area is 574 Å². The number of hydrogen-bond donors (Lipinski definition) is 3. The number of aromatic nitrogens is 8. The van der Waals surface area contributed by atoms with Crippen LogP contribution in [0.1, 0.15) is 85.0 Å². The first-order chi connectivity index (χ1) is 45.8. The number of rotatable bonds is 15. The Kier molecular flexibility index (Phi) is 18.1. The third kappa shape index (κ3) is 12.4. The van der Waals surface area contributed by atoms with E-state index in [2.05, 4.69) is 98.9 Å². The number of nitrogens with one attached hydrogen (secondary N) is 3. The second kappa shape index (κ2) is 27.2. The number of anilines is 4. The van der Waals surface area contributed by atoms with E-state index in [-0.39, 0.29) is 23.6 Å². The van der Waals surface area contributed by atoms with E-state index in [4.69, 9.17) is 9.97 Å². The highest BCUT2D eigenvalue weighted by molar-refractivity contribution is 9.11. The molecule has 3 N–H and O–H groups in total. The Balaban J connectivity index is 1.13. The monoisotopic (exact) mass is 1490 g/mol. The number of aromatic amines is 2. The van der Waals surface area contributed by atoms with Crippen LogP contribution in [-0.2, 0) is 0 Å². The lowest BCUT2D eigenvalue weighted by atomic mass is 10.0. The number of pyridine rings is 4. The summed E-state index contributed by atoms with van der Waals surface area (Å²) < 4.78 is 2.73. The van der Waals surface area contributed by atoms with Gasteiger partial charge >= 0.3 is 0 Å². The van der Waals surface area contributed by atoms with Gasteiger partial charge in [0.05, 0.1) is 22.8 Å². The number of nitrogens with zero attached hydrogens (tertiary/aromatic N) is 9. The summed E-state index contributed by atoms with van der Waals surface area (Å²) in [6, 6.07) is 44.3. The molecule has 20 heteroatoms. The lowest BCUT2D eigenvalue weighted by molar-refractivity contribution is 0.0980. The minimum absolute atomic E-state index is 0.218. The molecule has 2 aliphatic heterocycles. The van der Waals surface area contributed by atoms with Crippen LogP contribution in [0.25, 0.3) is 90.9 Å². The van der Waals surface area contributed by atoms with Crippen LogP contribution in [0.15, 0.2) is 213 Å². The average molecular weight is 1490 g/mol. The Morgan fingerprint density at radius 3 is 0.915 bits per heavy atom. The summed E-state index contributed by atoms with van der Waals surface area (Å²) in [4.78, 5) is 99.4. The van der Waals surface area contributed by atoms with Crippen LogP contribution >= 0.6 is 63.7 Å². The van der Waals surface area contributed by atoms with Crippen LogP contribution in [0, 0.1) is 0 Å². The van der Waals surface area contributed by atoms with Crippen molar-refractivity contribution in [1.29, 1.82) is 0 Å². The highest BCUT2D eigenvalue weighted by Crippen LogP contribution is 2.44. The fourth-order valence-electron chi connectivity index (χ4n) is 11.8. The lowest BCUT2D eigenvalue weighted by Crippen LogP contribution is -2.30. The van der Waals surface area contributed by atoms with E-state index in [9.17, 15) is 19.2 Å². The van der Waals surface area contributed by atoms with Gasteiger partial charge < -0.3 is 30.0 Å². The summed E-state index contributed by atoms with van der Waals surface area (Å²) in [5.74, 6) is -0.996. The van der Waals surface area contributed by atoms with Gasteiger partial charge in [-0.25, -0.2) is 9.97 Å². The summed E-state index contributed by atoms with van der Waals surface area (Å²) in [5, 5.41) is 3.01. The van der Waals surface area contributed by atoms with Gasteiger partial charge in [-0.15, -0.1) is 0 Å². The minimum atomic E-state index is -0.340. The number of halogens is 4. The second-order valence-corrected chi connectivity index (χ2v) is 25.2. The van der Waals surface area contributed by atoms with Crippen LogP contribution in [0.5, 0.6) is 0 Å². The molecular formula is C74H54Br4N12O4. The van der Waals surface area contributed by atoms with Gasteiger partial charge in [-0.1, -0.05) is 63.7 Å². The lowest BCUT2D eigenvalue weighted by Gasteiger charge is -2.21. The summed E-state index contributed by atoms with van der Waals surface area (Å²) in [5.41, 5.74) is 14.2. The molecule has 13 rings (SSSR count). The molecule has 94 heavy (non-hydrogen) atoms. The molecule has 0 atom stereocenters. The van der Waals surface area contributed by atoms with Gasteiger partial charge in [0, 0.05) is 199 Å². The van der Waals surface area contributed by atoms with E-state index in [0.29, 0.717) is 172 Å². The topological polar surface area (TPSA) is 199 Å². The Hall–Kier alpha value is -10.1. The summed E-state index contributed by atoms with van der Waals surface area (Å²) in [6.45, 7) is 6.98. The quantitative estimate of drug-likeness (QED) is 0.0887. The molecule has 0 spiro atoms. The van der Waals surface area contributed by atoms with E-state index in [1.54, 1.807) is 101 Å². The maximum absolute atomic E-state index is 14.8. The molecule has 9 heterocycles. The summed E-state index contributed by atoms with van der Waals surface area (Å²) in [7, 11) is 0. The van der Waals surface area contributed by atoms with E-state index >= 15 is 0 Å². The van der Waals surface area contributed by atoms with Gasteiger partial charge in [0.25, 0.3) is 23.6 Å². The van der Waals surface area contributed by atoms with Crippen molar-refractivity contribution in [3.8, 4) is 44.5 Å². The normalized spacial score (nSPS) is 11.6. The van der Waals surface area contributed by atoms with E-state index < -0.39 is 0 Å². The van der Waals surface area contributed by atoms with Crippen molar-refractivity contribution in [2.75, 3.05) is 39.7 Å². The largest absolute Gasteiger partial charge is 0.354 e. The molecule has 7 aromatic heterocycles. The number of benzene rings is 4. The maximum Gasteiger partial charge on any atom is 0.258 e. The molecule has 0 saturated carbocycles. The first-order valence-electron chi connectivity index (χ1n) is 30.0. The van der Waals surface area contributed by atoms with Gasteiger partial charge in [-0.05, 0) is 191 Å². The highest BCUT2D eigenvalue weighted by atomic mass is 79.9. The van der Waals surface area contributed by atoms with Gasteiger partial charge in [-0.2, -0.15) is 0 Å². The maximum atomic E-state index is 14.8. The molecule has 16 nitrogen and oxygen atoms in total. The van der Waals surface area contributed by atoms with E-state index in [0.717, 1.165) is 0 Å². The first kappa shape index (κ1) is 62.7. The standard InChI is InChI=1S/C74H54Br4N12O4/c1-4-88(48-25-33-80-34-26-48)72(92)44-8-12-56(76)52(40-44)68-61-17-15-59(84-61)67(51-39-43(7-11-55(51)75)71(91)83-47-23-31-79-32-24-47)60-16-18-62(85-60)69(53-41-45(9-13-57(53)77)73(93)89(5-2)49-27-35-81-36-28-49)64-20-22-66(87-64)70(65-21-19-63(68)86-65)54-42-46(10-14-58(54)78)74(94)90(6-3)50-29-37-82-38-30-50/h7-42,84,87H,4-6H2,1-3H3,(H,79,83,91). The molecule has 0 aliphatic carbocycles. The van der Waals surface area contributed by atoms with Crippen LogP contribution < -0.4 is 20.0 Å². The molecule has 11 aromatic rings. The van der Waals surface area contributed by atoms with Crippen LogP contribution in [0.4, 0.5) is 22.7 Å². The predicted octanol–water partition coefficient (Wildman–Crippen LogP) is 18.2. The molecule has 462 valence electrons. The third-order valence-corrected chi connectivity index (χ3v) is 19.0. The van der Waals surface area contributed by atoms with Crippen molar-refractivity contribution in [2.45, 2.75) is 20.8 Å². The number of amides is 4. The van der Waals surface area contributed by atoms with Crippen molar-refractivity contribution < 1.29 is 19.2 Å². The van der Waals surface area contributed by atoms with Gasteiger partial charge in [-0.3, -0.25) is 39.1 Å². The number of fused-ring (bicyclic) bond motifs is 8. The average Bonchev–Trinajstić information content (AvgIpc) is 1.59. The van der Waals surface area contributed by atoms with Crippen LogP contribution in [-0.4, -0.2) is 83.1 Å². The third-order valence-electron chi connectivity index (χ3n) is 16.2. The van der Waals surface area contributed by atoms with Crippen molar-refractivity contribution >= 4 is 156 Å². The molecule has 2 aliphatic rings. The van der Waals surface area contributed by atoms with Crippen molar-refractivity contribution in [1.82, 2.24) is 39.9 Å².